The Kier molecular flexibility index (Phi) is 4.90. The fourth-order valence-electron chi connectivity index (χ4n) is 3.02. The van der Waals surface area contributed by atoms with E-state index in [-0.39, 0.29) is 0 Å². The molecular weight excluding hydrogens is 275 g/mol. The average Bonchev–Trinajstić information content (AvgIpc) is 2.43. The normalized spacial score (nSPS) is 24.8. The molecule has 1 aliphatic rings. The highest BCUT2D eigenvalue weighted by molar-refractivity contribution is 5.37. The van der Waals surface area contributed by atoms with Crippen LogP contribution in [0.5, 0.6) is 0 Å². The number of nitro benzene ring substituents is 1. The van der Waals surface area contributed by atoms with Crippen molar-refractivity contribution in [1.29, 1.82) is 0 Å². The van der Waals surface area contributed by atoms with Crippen molar-refractivity contribution in [3.05, 3.63) is 39.7 Å². The van der Waals surface area contributed by atoms with Gasteiger partial charge in [0.25, 0.3) is 0 Å². The summed E-state index contributed by atoms with van der Waals surface area (Å²) < 4.78 is 13.3. The van der Waals surface area contributed by atoms with Gasteiger partial charge in [-0.15, -0.1) is 0 Å². The number of nitrogens with zero attached hydrogens (tertiary/aromatic N) is 2. The van der Waals surface area contributed by atoms with E-state index in [4.69, 9.17) is 0 Å². The molecule has 1 saturated heterocycles. The molecule has 1 aromatic rings. The lowest BCUT2D eigenvalue weighted by atomic mass is 9.96. The predicted octanol–water partition coefficient (Wildman–Crippen LogP) is 3.03. The number of benzene rings is 1. The molecule has 0 radical (unpaired) electrons. The van der Waals surface area contributed by atoms with Gasteiger partial charge in [-0.25, -0.2) is 0 Å². The summed E-state index contributed by atoms with van der Waals surface area (Å²) in [5.74, 6) is -0.879. The molecule has 1 fully saturated rings. The number of aliphatic hydroxyl groups is 1. The second-order valence-electron chi connectivity index (χ2n) is 5.81. The van der Waals surface area contributed by atoms with E-state index in [2.05, 4.69) is 18.7 Å². The zero-order valence-electron chi connectivity index (χ0n) is 12.3. The van der Waals surface area contributed by atoms with Gasteiger partial charge in [-0.05, 0) is 38.3 Å². The van der Waals surface area contributed by atoms with Crippen molar-refractivity contribution in [2.24, 2.45) is 0 Å². The molecule has 0 aliphatic carbocycles. The minimum absolute atomic E-state index is 0.374. The number of likely N-dealkylation sites (tertiary alicyclic amines) is 1. The van der Waals surface area contributed by atoms with Crippen LogP contribution in [0.2, 0.25) is 0 Å². The van der Waals surface area contributed by atoms with Crippen LogP contribution in [0.25, 0.3) is 0 Å². The molecular formula is C15H21FN2O3. The third kappa shape index (κ3) is 3.57. The van der Waals surface area contributed by atoms with Gasteiger partial charge in [0.2, 0.25) is 5.82 Å². The minimum Gasteiger partial charge on any atom is -0.387 e. The Hall–Kier alpha value is -1.53. The largest absolute Gasteiger partial charge is 0.387 e. The Labute approximate surface area is 123 Å². The number of aliphatic hydroxyl groups excluding tert-OH is 1. The van der Waals surface area contributed by atoms with Gasteiger partial charge in [-0.2, -0.15) is 4.39 Å². The molecule has 6 heteroatoms. The van der Waals surface area contributed by atoms with Crippen molar-refractivity contribution in [1.82, 2.24) is 4.90 Å². The number of halogens is 1. The Morgan fingerprint density at radius 3 is 2.62 bits per heavy atom. The van der Waals surface area contributed by atoms with Crippen LogP contribution in [-0.4, -0.2) is 33.6 Å². The lowest BCUT2D eigenvalue weighted by molar-refractivity contribution is -0.387. The Morgan fingerprint density at radius 1 is 1.43 bits per heavy atom. The summed E-state index contributed by atoms with van der Waals surface area (Å²) in [6.45, 7) is 4.65. The molecule has 0 amide bonds. The molecule has 2 rings (SSSR count). The van der Waals surface area contributed by atoms with Gasteiger partial charge in [0.1, 0.15) is 0 Å². The molecule has 3 unspecified atom stereocenters. The van der Waals surface area contributed by atoms with Crippen molar-refractivity contribution in [2.45, 2.75) is 51.3 Å². The summed E-state index contributed by atoms with van der Waals surface area (Å²) in [7, 11) is 0. The summed E-state index contributed by atoms with van der Waals surface area (Å²) in [6, 6.07) is 4.32. The van der Waals surface area contributed by atoms with Crippen molar-refractivity contribution >= 4 is 5.69 Å². The maximum Gasteiger partial charge on any atom is 0.305 e. The van der Waals surface area contributed by atoms with Crippen LogP contribution in [-0.2, 0) is 0 Å². The average molecular weight is 296 g/mol. The SMILES string of the molecule is CC1CCCC(C)N1CC(O)c1ccc(F)c([N+](=O)[O-])c1. The van der Waals surface area contributed by atoms with Crippen molar-refractivity contribution in [3.8, 4) is 0 Å². The van der Waals surface area contributed by atoms with Gasteiger partial charge in [-0.1, -0.05) is 12.5 Å². The fourth-order valence-corrected chi connectivity index (χ4v) is 3.02. The minimum atomic E-state index is -0.879. The summed E-state index contributed by atoms with van der Waals surface area (Å²) in [6.07, 6.45) is 2.49. The second-order valence-corrected chi connectivity index (χ2v) is 5.81. The molecule has 5 nitrogen and oxygen atoms in total. The van der Waals surface area contributed by atoms with Crippen LogP contribution in [0, 0.1) is 15.9 Å². The standard InChI is InChI=1S/C15H21FN2O3/c1-10-4-3-5-11(2)17(10)9-15(19)12-6-7-13(16)14(8-12)18(20)21/h6-8,10-11,15,19H,3-5,9H2,1-2H3. The first-order valence-electron chi connectivity index (χ1n) is 7.27. The van der Waals surface area contributed by atoms with Gasteiger partial charge in [-0.3, -0.25) is 15.0 Å². The maximum atomic E-state index is 13.3. The Balaban J connectivity index is 2.14. The van der Waals surface area contributed by atoms with Crippen molar-refractivity contribution in [3.63, 3.8) is 0 Å². The molecule has 0 bridgehead atoms. The van der Waals surface area contributed by atoms with Crippen LogP contribution in [0.1, 0.15) is 44.8 Å². The van der Waals surface area contributed by atoms with Gasteiger partial charge in [0.05, 0.1) is 11.0 Å². The lowest BCUT2D eigenvalue weighted by Gasteiger charge is -2.40. The predicted molar refractivity (Wildman–Crippen MR) is 77.5 cm³/mol. The van der Waals surface area contributed by atoms with E-state index in [0.717, 1.165) is 25.0 Å². The lowest BCUT2D eigenvalue weighted by Crippen LogP contribution is -2.45. The van der Waals surface area contributed by atoms with Gasteiger partial charge >= 0.3 is 5.69 Å². The number of hydrogen-bond acceptors (Lipinski definition) is 4. The van der Waals surface area contributed by atoms with Crippen molar-refractivity contribution < 1.29 is 14.4 Å². The fraction of sp³-hybridized carbons (Fsp3) is 0.600. The van der Waals surface area contributed by atoms with Gasteiger partial charge in [0.15, 0.2) is 0 Å². The van der Waals surface area contributed by atoms with E-state index in [0.29, 0.717) is 24.2 Å². The maximum absolute atomic E-state index is 13.3. The van der Waals surface area contributed by atoms with E-state index in [1.54, 1.807) is 0 Å². The first-order valence-corrected chi connectivity index (χ1v) is 7.27. The van der Waals surface area contributed by atoms with E-state index >= 15 is 0 Å². The van der Waals surface area contributed by atoms with E-state index in [9.17, 15) is 19.6 Å². The quantitative estimate of drug-likeness (QED) is 0.685. The molecule has 3 atom stereocenters. The first kappa shape index (κ1) is 15.9. The monoisotopic (exact) mass is 296 g/mol. The van der Waals surface area contributed by atoms with E-state index < -0.39 is 22.5 Å². The van der Waals surface area contributed by atoms with Crippen LogP contribution < -0.4 is 0 Å². The van der Waals surface area contributed by atoms with E-state index in [1.165, 1.54) is 12.5 Å². The van der Waals surface area contributed by atoms with E-state index in [1.807, 2.05) is 0 Å². The zero-order chi connectivity index (χ0) is 15.6. The summed E-state index contributed by atoms with van der Waals surface area (Å²) in [5, 5.41) is 21.1. The van der Waals surface area contributed by atoms with Crippen LogP contribution in [0.3, 0.4) is 0 Å². The summed E-state index contributed by atoms with van der Waals surface area (Å²) in [4.78, 5) is 12.2. The summed E-state index contributed by atoms with van der Waals surface area (Å²) >= 11 is 0. The molecule has 1 aliphatic heterocycles. The van der Waals surface area contributed by atoms with Gasteiger partial charge < -0.3 is 5.11 Å². The number of hydrogen-bond donors (Lipinski definition) is 1. The topological polar surface area (TPSA) is 66.6 Å². The number of β-amino-alcohol motifs (C(OH)–C–C–N with tert-alkyl or cyclic N) is 1. The van der Waals surface area contributed by atoms with Crippen molar-refractivity contribution in [2.75, 3.05) is 6.54 Å². The highest BCUT2D eigenvalue weighted by Crippen LogP contribution is 2.27. The summed E-state index contributed by atoms with van der Waals surface area (Å²) in [5.41, 5.74) is -0.209. The number of piperidine rings is 1. The first-order chi connectivity index (χ1) is 9.90. The number of nitro groups is 1. The Morgan fingerprint density at radius 2 is 2.05 bits per heavy atom. The third-order valence-corrected chi connectivity index (χ3v) is 4.31. The molecule has 1 N–H and O–H groups in total. The molecule has 1 aromatic carbocycles. The molecule has 116 valence electrons. The zero-order valence-corrected chi connectivity index (χ0v) is 12.3. The highest BCUT2D eigenvalue weighted by Gasteiger charge is 2.27. The molecule has 0 spiro atoms. The smallest absolute Gasteiger partial charge is 0.305 e. The second kappa shape index (κ2) is 6.49. The Bertz CT molecular complexity index is 514. The molecule has 0 aromatic heterocycles. The third-order valence-electron chi connectivity index (χ3n) is 4.31. The van der Waals surface area contributed by atoms with Crippen LogP contribution >= 0.6 is 0 Å². The van der Waals surface area contributed by atoms with Gasteiger partial charge in [0, 0.05) is 24.7 Å². The molecule has 0 saturated carbocycles. The highest BCUT2D eigenvalue weighted by atomic mass is 19.1. The van der Waals surface area contributed by atoms with Crippen LogP contribution in [0.15, 0.2) is 18.2 Å². The molecule has 1 heterocycles. The number of rotatable bonds is 4. The molecule has 21 heavy (non-hydrogen) atoms. The van der Waals surface area contributed by atoms with Crippen LogP contribution in [0.4, 0.5) is 10.1 Å².